The highest BCUT2D eigenvalue weighted by molar-refractivity contribution is 7.20. The molecule has 0 aliphatic heterocycles. The molecular formula is C19H15N3O5S. The lowest BCUT2D eigenvalue weighted by Crippen LogP contribution is -2.14. The van der Waals surface area contributed by atoms with Crippen molar-refractivity contribution in [2.75, 3.05) is 7.11 Å². The molecule has 0 amide bonds. The highest BCUT2D eigenvalue weighted by Crippen LogP contribution is 2.27. The Morgan fingerprint density at radius 3 is 2.79 bits per heavy atom. The highest BCUT2D eigenvalue weighted by atomic mass is 32.1. The summed E-state index contributed by atoms with van der Waals surface area (Å²) >= 11 is 1.07. The molecule has 3 heterocycles. The van der Waals surface area contributed by atoms with Crippen LogP contribution in [0, 0.1) is 6.92 Å². The number of nitrogens with zero attached hydrogens (tertiary/aromatic N) is 1. The zero-order valence-electron chi connectivity index (χ0n) is 15.0. The summed E-state index contributed by atoms with van der Waals surface area (Å²) in [5.74, 6) is -0.853. The second kappa shape index (κ2) is 6.93. The fraction of sp³-hybridized carbons (Fsp3) is 0.158. The minimum absolute atomic E-state index is 0.198. The van der Waals surface area contributed by atoms with Crippen LogP contribution in [0.25, 0.3) is 21.1 Å². The minimum atomic E-state index is -0.530. The van der Waals surface area contributed by atoms with E-state index in [-0.39, 0.29) is 12.4 Å². The topological polar surface area (TPSA) is 114 Å². The second-order valence-corrected chi connectivity index (χ2v) is 7.06. The quantitative estimate of drug-likeness (QED) is 0.512. The smallest absolute Gasteiger partial charge is 0.348 e. The third-order valence-corrected chi connectivity index (χ3v) is 5.54. The monoisotopic (exact) mass is 397 g/mol. The zero-order chi connectivity index (χ0) is 19.8. The number of para-hydroxylation sites is 1. The summed E-state index contributed by atoms with van der Waals surface area (Å²) in [6.45, 7) is 1.47. The van der Waals surface area contributed by atoms with Crippen LogP contribution < -0.4 is 5.56 Å². The van der Waals surface area contributed by atoms with Gasteiger partial charge in [-0.1, -0.05) is 18.2 Å². The zero-order valence-corrected chi connectivity index (χ0v) is 15.8. The molecule has 9 heteroatoms. The maximum absolute atomic E-state index is 12.4. The Hall–Kier alpha value is -3.46. The third-order valence-electron chi connectivity index (χ3n) is 4.37. The van der Waals surface area contributed by atoms with Gasteiger partial charge in [-0.05, 0) is 18.6 Å². The molecule has 4 rings (SSSR count). The van der Waals surface area contributed by atoms with E-state index in [1.165, 1.54) is 7.11 Å². The molecule has 0 saturated carbocycles. The first-order chi connectivity index (χ1) is 13.5. The van der Waals surface area contributed by atoms with Gasteiger partial charge in [0.05, 0.1) is 18.1 Å². The number of rotatable bonds is 4. The van der Waals surface area contributed by atoms with Crippen molar-refractivity contribution >= 4 is 44.4 Å². The van der Waals surface area contributed by atoms with Gasteiger partial charge in [0, 0.05) is 17.1 Å². The predicted octanol–water partition coefficient (Wildman–Crippen LogP) is 2.92. The SMILES string of the molecule is COC(=O)c1sc2nc(COC(=O)c3c[nH]c4ccccc34)[nH]c(=O)c2c1C. The van der Waals surface area contributed by atoms with Crippen LogP contribution in [0.2, 0.25) is 0 Å². The van der Waals surface area contributed by atoms with E-state index in [1.54, 1.807) is 13.1 Å². The second-order valence-electron chi connectivity index (χ2n) is 6.06. The van der Waals surface area contributed by atoms with E-state index in [1.807, 2.05) is 24.3 Å². The van der Waals surface area contributed by atoms with Crippen molar-refractivity contribution in [2.24, 2.45) is 0 Å². The van der Waals surface area contributed by atoms with Crippen molar-refractivity contribution in [3.8, 4) is 0 Å². The number of ether oxygens (including phenoxy) is 2. The van der Waals surface area contributed by atoms with E-state index >= 15 is 0 Å². The van der Waals surface area contributed by atoms with Crippen molar-refractivity contribution in [3.63, 3.8) is 0 Å². The van der Waals surface area contributed by atoms with Gasteiger partial charge in [0.2, 0.25) is 0 Å². The van der Waals surface area contributed by atoms with E-state index in [9.17, 15) is 14.4 Å². The van der Waals surface area contributed by atoms with Crippen molar-refractivity contribution < 1.29 is 19.1 Å². The summed E-state index contributed by atoms with van der Waals surface area (Å²) in [6.07, 6.45) is 1.58. The lowest BCUT2D eigenvalue weighted by Gasteiger charge is -2.04. The fourth-order valence-electron chi connectivity index (χ4n) is 3.00. The Morgan fingerprint density at radius 2 is 2.00 bits per heavy atom. The summed E-state index contributed by atoms with van der Waals surface area (Å²) in [5, 5.41) is 1.08. The molecule has 0 bridgehead atoms. The van der Waals surface area contributed by atoms with Crippen molar-refractivity contribution in [3.05, 3.63) is 62.6 Å². The van der Waals surface area contributed by atoms with Crippen molar-refractivity contribution in [1.29, 1.82) is 0 Å². The van der Waals surface area contributed by atoms with Gasteiger partial charge < -0.3 is 19.4 Å². The van der Waals surface area contributed by atoms with Crippen LogP contribution in [0.5, 0.6) is 0 Å². The van der Waals surface area contributed by atoms with Gasteiger partial charge in [-0.25, -0.2) is 14.6 Å². The van der Waals surface area contributed by atoms with Crippen LogP contribution in [-0.2, 0) is 16.1 Å². The fourth-order valence-corrected chi connectivity index (χ4v) is 4.12. The molecule has 0 radical (unpaired) electrons. The minimum Gasteiger partial charge on any atom is -0.465 e. The predicted molar refractivity (Wildman–Crippen MR) is 104 cm³/mol. The van der Waals surface area contributed by atoms with E-state index < -0.39 is 17.5 Å². The van der Waals surface area contributed by atoms with Crippen LogP contribution >= 0.6 is 11.3 Å². The molecule has 0 saturated heterocycles. The number of esters is 2. The molecule has 0 fully saturated rings. The van der Waals surface area contributed by atoms with E-state index in [4.69, 9.17) is 9.47 Å². The molecular weight excluding hydrogens is 382 g/mol. The van der Waals surface area contributed by atoms with Gasteiger partial charge in [0.15, 0.2) is 0 Å². The van der Waals surface area contributed by atoms with Crippen LogP contribution in [-0.4, -0.2) is 34.0 Å². The van der Waals surface area contributed by atoms with Crippen LogP contribution in [0.3, 0.4) is 0 Å². The number of benzene rings is 1. The molecule has 0 atom stereocenters. The molecule has 28 heavy (non-hydrogen) atoms. The van der Waals surface area contributed by atoms with Crippen LogP contribution in [0.15, 0.2) is 35.3 Å². The van der Waals surface area contributed by atoms with Gasteiger partial charge in [-0.2, -0.15) is 0 Å². The molecule has 1 aromatic carbocycles. The van der Waals surface area contributed by atoms with Crippen LogP contribution in [0.1, 0.15) is 31.4 Å². The summed E-state index contributed by atoms with van der Waals surface area (Å²) in [6, 6.07) is 7.37. The number of hydrogen-bond donors (Lipinski definition) is 2. The number of aromatic nitrogens is 3. The van der Waals surface area contributed by atoms with Gasteiger partial charge in [-0.3, -0.25) is 4.79 Å². The molecule has 0 aliphatic rings. The standard InChI is InChI=1S/C19H15N3O5S/c1-9-14-16(23)21-13(22-17(14)28-15(9)19(25)26-2)8-27-18(24)11-7-20-12-6-4-3-5-10(11)12/h3-7,20H,8H2,1-2H3,(H,21,22,23). The third kappa shape index (κ3) is 2.95. The van der Waals surface area contributed by atoms with Gasteiger partial charge >= 0.3 is 11.9 Å². The molecule has 0 aliphatic carbocycles. The van der Waals surface area contributed by atoms with E-state index in [0.717, 1.165) is 22.2 Å². The normalized spacial score (nSPS) is 11.1. The largest absolute Gasteiger partial charge is 0.465 e. The highest BCUT2D eigenvalue weighted by Gasteiger charge is 2.20. The number of aromatic amines is 2. The number of fused-ring (bicyclic) bond motifs is 2. The number of nitrogens with one attached hydrogen (secondary N) is 2. The van der Waals surface area contributed by atoms with Gasteiger partial charge in [-0.15, -0.1) is 11.3 Å². The summed E-state index contributed by atoms with van der Waals surface area (Å²) < 4.78 is 10.0. The van der Waals surface area contributed by atoms with Gasteiger partial charge in [0.25, 0.3) is 5.56 Å². The number of carbonyl (C=O) groups excluding carboxylic acids is 2. The Balaban J connectivity index is 1.60. The molecule has 0 unspecified atom stereocenters. The number of hydrogen-bond acceptors (Lipinski definition) is 7. The maximum atomic E-state index is 12.4. The number of methoxy groups -OCH3 is 1. The number of carbonyl (C=O) groups is 2. The summed E-state index contributed by atoms with van der Waals surface area (Å²) in [4.78, 5) is 47.3. The molecule has 2 N–H and O–H groups in total. The number of H-pyrrole nitrogens is 2. The Morgan fingerprint density at radius 1 is 1.21 bits per heavy atom. The Bertz CT molecular complexity index is 1280. The van der Waals surface area contributed by atoms with Crippen LogP contribution in [0.4, 0.5) is 0 Å². The number of aryl methyl sites for hydroxylation is 1. The van der Waals surface area contributed by atoms with Crippen molar-refractivity contribution in [2.45, 2.75) is 13.5 Å². The summed E-state index contributed by atoms with van der Waals surface area (Å²) in [5.41, 5.74) is 1.35. The van der Waals surface area contributed by atoms with Crippen molar-refractivity contribution in [1.82, 2.24) is 15.0 Å². The lowest BCUT2D eigenvalue weighted by molar-refractivity contribution is 0.0464. The number of thiophene rings is 1. The van der Waals surface area contributed by atoms with Gasteiger partial charge in [0.1, 0.15) is 22.1 Å². The average molecular weight is 397 g/mol. The van der Waals surface area contributed by atoms with E-state index in [0.29, 0.717) is 26.2 Å². The summed E-state index contributed by atoms with van der Waals surface area (Å²) in [7, 11) is 1.28. The average Bonchev–Trinajstić information content (AvgIpc) is 3.27. The Kier molecular flexibility index (Phi) is 4.44. The first-order valence-corrected chi connectivity index (χ1v) is 9.15. The molecule has 3 aromatic heterocycles. The molecule has 4 aromatic rings. The van der Waals surface area contributed by atoms with E-state index in [2.05, 4.69) is 15.0 Å². The molecule has 0 spiro atoms. The first-order valence-electron chi connectivity index (χ1n) is 8.33. The first kappa shape index (κ1) is 17.9. The molecule has 8 nitrogen and oxygen atoms in total. The molecule has 142 valence electrons. The maximum Gasteiger partial charge on any atom is 0.348 e. The Labute approximate surface area is 162 Å². The lowest BCUT2D eigenvalue weighted by atomic mass is 10.2.